The fourth-order valence-electron chi connectivity index (χ4n) is 2.55. The third kappa shape index (κ3) is 3.30. The number of nitrogens with zero attached hydrogens (tertiary/aromatic N) is 3. The zero-order valence-corrected chi connectivity index (χ0v) is 12.6. The topological polar surface area (TPSA) is 76.3 Å². The van der Waals surface area contributed by atoms with E-state index in [2.05, 4.69) is 34.3 Å². The molecular formula is C14H25N5O. The monoisotopic (exact) mass is 279 g/mol. The summed E-state index contributed by atoms with van der Waals surface area (Å²) in [5.41, 5.74) is 9.91. The standard InChI is InChI=1S/C14H25N5O/c1-4-8-20-14-12(15)13(16-9-17-14)18-19-10(2)6-5-7-11(19)3/h9-11H,4-8,15H2,1-3H3,(H,16,17,18). The molecule has 0 radical (unpaired) electrons. The van der Waals surface area contributed by atoms with Crippen LogP contribution >= 0.6 is 0 Å². The van der Waals surface area contributed by atoms with E-state index in [0.29, 0.717) is 36.1 Å². The second kappa shape index (κ2) is 6.74. The maximum atomic E-state index is 6.09. The van der Waals surface area contributed by atoms with Gasteiger partial charge in [-0.2, -0.15) is 4.98 Å². The van der Waals surface area contributed by atoms with Gasteiger partial charge in [0.2, 0.25) is 5.88 Å². The third-order valence-corrected chi connectivity index (χ3v) is 3.72. The fourth-order valence-corrected chi connectivity index (χ4v) is 2.55. The molecule has 0 aromatic carbocycles. The van der Waals surface area contributed by atoms with Crippen molar-refractivity contribution in [1.82, 2.24) is 15.0 Å². The van der Waals surface area contributed by atoms with E-state index in [1.165, 1.54) is 25.6 Å². The van der Waals surface area contributed by atoms with Gasteiger partial charge in [-0.25, -0.2) is 9.99 Å². The number of hydrogen-bond acceptors (Lipinski definition) is 6. The number of hydrazine groups is 1. The van der Waals surface area contributed by atoms with Crippen molar-refractivity contribution in [2.45, 2.75) is 58.5 Å². The summed E-state index contributed by atoms with van der Waals surface area (Å²) in [5.74, 6) is 1.09. The summed E-state index contributed by atoms with van der Waals surface area (Å²) in [6.07, 6.45) is 6.04. The normalized spacial score (nSPS) is 23.6. The van der Waals surface area contributed by atoms with Crippen LogP contribution in [0.25, 0.3) is 0 Å². The van der Waals surface area contributed by atoms with Crippen molar-refractivity contribution in [3.63, 3.8) is 0 Å². The minimum atomic E-state index is 0.460. The Morgan fingerprint density at radius 3 is 2.70 bits per heavy atom. The molecule has 0 amide bonds. The third-order valence-electron chi connectivity index (χ3n) is 3.72. The fraction of sp³-hybridized carbons (Fsp3) is 0.714. The molecule has 0 aliphatic carbocycles. The maximum absolute atomic E-state index is 6.09. The summed E-state index contributed by atoms with van der Waals surface area (Å²) in [4.78, 5) is 8.33. The number of ether oxygens (including phenoxy) is 1. The Hall–Kier alpha value is -1.56. The van der Waals surface area contributed by atoms with E-state index >= 15 is 0 Å². The van der Waals surface area contributed by atoms with E-state index in [0.717, 1.165) is 6.42 Å². The molecule has 112 valence electrons. The summed E-state index contributed by atoms with van der Waals surface area (Å²) in [5, 5.41) is 2.23. The molecule has 1 saturated heterocycles. The molecule has 2 heterocycles. The lowest BCUT2D eigenvalue weighted by molar-refractivity contribution is 0.135. The molecule has 0 spiro atoms. The van der Waals surface area contributed by atoms with E-state index in [4.69, 9.17) is 10.5 Å². The van der Waals surface area contributed by atoms with Crippen molar-refractivity contribution in [3.8, 4) is 5.88 Å². The molecular weight excluding hydrogens is 254 g/mol. The van der Waals surface area contributed by atoms with E-state index in [1.54, 1.807) is 0 Å². The first kappa shape index (κ1) is 14.8. The van der Waals surface area contributed by atoms with Crippen LogP contribution in [0.15, 0.2) is 6.33 Å². The Kier molecular flexibility index (Phi) is 5.00. The number of nitrogen functional groups attached to an aromatic ring is 1. The molecule has 1 fully saturated rings. The van der Waals surface area contributed by atoms with Crippen LogP contribution < -0.4 is 15.9 Å². The largest absolute Gasteiger partial charge is 0.476 e. The first-order valence-electron chi connectivity index (χ1n) is 7.41. The molecule has 1 aromatic heterocycles. The molecule has 2 unspecified atom stereocenters. The molecule has 0 bridgehead atoms. The molecule has 3 N–H and O–H groups in total. The second-order valence-electron chi connectivity index (χ2n) is 5.44. The molecule has 1 aliphatic rings. The maximum Gasteiger partial charge on any atom is 0.242 e. The molecule has 1 aliphatic heterocycles. The van der Waals surface area contributed by atoms with Crippen LogP contribution in [0.3, 0.4) is 0 Å². The van der Waals surface area contributed by atoms with Crippen LogP contribution in [0.5, 0.6) is 5.88 Å². The Morgan fingerprint density at radius 2 is 2.05 bits per heavy atom. The molecule has 2 rings (SSSR count). The van der Waals surface area contributed by atoms with Gasteiger partial charge in [-0.3, -0.25) is 0 Å². The average molecular weight is 279 g/mol. The van der Waals surface area contributed by atoms with E-state index in [1.807, 2.05) is 6.92 Å². The smallest absolute Gasteiger partial charge is 0.242 e. The van der Waals surface area contributed by atoms with Gasteiger partial charge in [-0.15, -0.1) is 0 Å². The Bertz CT molecular complexity index is 430. The number of nitrogens with one attached hydrogen (secondary N) is 1. The van der Waals surface area contributed by atoms with Crippen LogP contribution in [-0.2, 0) is 0 Å². The van der Waals surface area contributed by atoms with Crippen LogP contribution in [0.4, 0.5) is 11.5 Å². The van der Waals surface area contributed by atoms with Crippen molar-refractivity contribution >= 4 is 11.5 Å². The highest BCUT2D eigenvalue weighted by molar-refractivity contribution is 5.66. The van der Waals surface area contributed by atoms with Crippen molar-refractivity contribution in [1.29, 1.82) is 0 Å². The number of hydrogen-bond donors (Lipinski definition) is 2. The lowest BCUT2D eigenvalue weighted by Gasteiger charge is -2.39. The number of aromatic nitrogens is 2. The molecule has 0 saturated carbocycles. The predicted octanol–water partition coefficient (Wildman–Crippen LogP) is 2.44. The van der Waals surface area contributed by atoms with Gasteiger partial charge in [0.1, 0.15) is 12.0 Å². The minimum Gasteiger partial charge on any atom is -0.476 e. The van der Waals surface area contributed by atoms with Crippen molar-refractivity contribution in [2.24, 2.45) is 0 Å². The number of anilines is 2. The number of rotatable bonds is 5. The highest BCUT2D eigenvalue weighted by Gasteiger charge is 2.26. The first-order valence-corrected chi connectivity index (χ1v) is 7.41. The molecule has 2 atom stereocenters. The Balaban J connectivity index is 2.12. The average Bonchev–Trinajstić information content (AvgIpc) is 2.43. The molecule has 6 heteroatoms. The highest BCUT2D eigenvalue weighted by Crippen LogP contribution is 2.28. The minimum absolute atomic E-state index is 0.460. The zero-order chi connectivity index (χ0) is 14.5. The van der Waals surface area contributed by atoms with Crippen molar-refractivity contribution in [3.05, 3.63) is 6.33 Å². The van der Waals surface area contributed by atoms with Gasteiger partial charge in [-0.05, 0) is 33.1 Å². The second-order valence-corrected chi connectivity index (χ2v) is 5.44. The van der Waals surface area contributed by atoms with Crippen molar-refractivity contribution < 1.29 is 4.74 Å². The quantitative estimate of drug-likeness (QED) is 0.862. The van der Waals surface area contributed by atoms with Crippen LogP contribution in [0.1, 0.15) is 46.5 Å². The first-order chi connectivity index (χ1) is 9.63. The highest BCUT2D eigenvalue weighted by atomic mass is 16.5. The predicted molar refractivity (Wildman–Crippen MR) is 80.5 cm³/mol. The van der Waals surface area contributed by atoms with Gasteiger partial charge in [0.15, 0.2) is 5.82 Å². The number of piperidine rings is 1. The Morgan fingerprint density at radius 1 is 1.35 bits per heavy atom. The van der Waals surface area contributed by atoms with Gasteiger partial charge >= 0.3 is 0 Å². The summed E-state index contributed by atoms with van der Waals surface area (Å²) < 4.78 is 5.53. The SMILES string of the molecule is CCCOc1ncnc(NN2C(C)CCCC2C)c1N. The molecule has 6 nitrogen and oxygen atoms in total. The summed E-state index contributed by atoms with van der Waals surface area (Å²) in [7, 11) is 0. The molecule has 1 aromatic rings. The van der Waals surface area contributed by atoms with Crippen molar-refractivity contribution in [2.75, 3.05) is 17.8 Å². The van der Waals surface area contributed by atoms with Crippen LogP contribution in [-0.4, -0.2) is 33.7 Å². The Labute approximate surface area is 120 Å². The van der Waals surface area contributed by atoms with Gasteiger partial charge in [0.25, 0.3) is 0 Å². The summed E-state index contributed by atoms with van der Waals surface area (Å²) >= 11 is 0. The van der Waals surface area contributed by atoms with Crippen LogP contribution in [0, 0.1) is 0 Å². The summed E-state index contributed by atoms with van der Waals surface area (Å²) in [6.45, 7) is 7.09. The number of nitrogens with two attached hydrogens (primary N) is 1. The lowest BCUT2D eigenvalue weighted by atomic mass is 10.00. The van der Waals surface area contributed by atoms with Gasteiger partial charge in [-0.1, -0.05) is 13.3 Å². The zero-order valence-electron chi connectivity index (χ0n) is 12.6. The summed E-state index contributed by atoms with van der Waals surface area (Å²) in [6, 6.07) is 0.932. The van der Waals surface area contributed by atoms with Gasteiger partial charge < -0.3 is 15.9 Å². The van der Waals surface area contributed by atoms with E-state index < -0.39 is 0 Å². The molecule has 20 heavy (non-hydrogen) atoms. The van der Waals surface area contributed by atoms with Crippen LogP contribution in [0.2, 0.25) is 0 Å². The van der Waals surface area contributed by atoms with Gasteiger partial charge in [0.05, 0.1) is 6.61 Å². The van der Waals surface area contributed by atoms with E-state index in [-0.39, 0.29) is 0 Å². The van der Waals surface area contributed by atoms with E-state index in [9.17, 15) is 0 Å². The lowest BCUT2D eigenvalue weighted by Crippen LogP contribution is -2.47. The van der Waals surface area contributed by atoms with Gasteiger partial charge in [0, 0.05) is 12.1 Å².